The van der Waals surface area contributed by atoms with E-state index in [1.165, 1.54) is 12.8 Å². The molecule has 1 unspecified atom stereocenters. The first-order chi connectivity index (χ1) is 8.93. The molecule has 0 saturated carbocycles. The van der Waals surface area contributed by atoms with Crippen LogP contribution in [0.15, 0.2) is 22.7 Å². The van der Waals surface area contributed by atoms with Crippen molar-refractivity contribution in [2.75, 3.05) is 19.6 Å². The van der Waals surface area contributed by atoms with Crippen LogP contribution < -0.4 is 5.73 Å². The third-order valence-corrected chi connectivity index (χ3v) is 4.74. The van der Waals surface area contributed by atoms with E-state index < -0.39 is 0 Å². The first-order valence-electron chi connectivity index (χ1n) is 6.82. The smallest absolute Gasteiger partial charge is 0.0485 e. The molecular formula is C15H22BrClN2. The van der Waals surface area contributed by atoms with Crippen LogP contribution in [0.25, 0.3) is 0 Å². The van der Waals surface area contributed by atoms with Gasteiger partial charge in [0.2, 0.25) is 0 Å². The Kier molecular flexibility index (Phi) is 4.93. The molecule has 0 radical (unpaired) electrons. The molecule has 1 heterocycles. The van der Waals surface area contributed by atoms with Gasteiger partial charge in [0.15, 0.2) is 0 Å². The number of piperidine rings is 1. The Hall–Kier alpha value is -0.0900. The van der Waals surface area contributed by atoms with E-state index in [1.807, 2.05) is 12.1 Å². The van der Waals surface area contributed by atoms with Crippen molar-refractivity contribution >= 4 is 27.5 Å². The molecule has 2 nitrogen and oxygen atoms in total. The Morgan fingerprint density at radius 3 is 2.79 bits per heavy atom. The fraction of sp³-hybridized carbons (Fsp3) is 0.600. The van der Waals surface area contributed by atoms with Gasteiger partial charge in [0.1, 0.15) is 0 Å². The SMILES string of the molecule is CC1(C)CCCN(C(CN)c2ccc(Br)cc2Cl)C1. The summed E-state index contributed by atoms with van der Waals surface area (Å²) in [6.45, 7) is 7.46. The second-order valence-electron chi connectivity index (χ2n) is 6.16. The average molecular weight is 346 g/mol. The van der Waals surface area contributed by atoms with Gasteiger partial charge in [-0.15, -0.1) is 0 Å². The number of nitrogens with two attached hydrogens (primary N) is 1. The molecule has 1 aromatic carbocycles. The van der Waals surface area contributed by atoms with Gasteiger partial charge >= 0.3 is 0 Å². The number of nitrogens with zero attached hydrogens (tertiary/aromatic N) is 1. The van der Waals surface area contributed by atoms with Crippen molar-refractivity contribution in [3.63, 3.8) is 0 Å². The minimum atomic E-state index is 0.222. The Morgan fingerprint density at radius 1 is 1.47 bits per heavy atom. The van der Waals surface area contributed by atoms with Gasteiger partial charge in [-0.05, 0) is 42.5 Å². The highest BCUT2D eigenvalue weighted by Gasteiger charge is 2.31. The van der Waals surface area contributed by atoms with Gasteiger partial charge in [0, 0.05) is 28.6 Å². The Labute approximate surface area is 129 Å². The Balaban J connectivity index is 2.24. The molecule has 1 aromatic rings. The van der Waals surface area contributed by atoms with Crippen molar-refractivity contribution in [1.29, 1.82) is 0 Å². The average Bonchev–Trinajstić information content (AvgIpc) is 2.31. The van der Waals surface area contributed by atoms with E-state index in [2.05, 4.69) is 40.7 Å². The lowest BCUT2D eigenvalue weighted by molar-refractivity contribution is 0.0807. The first-order valence-corrected chi connectivity index (χ1v) is 7.99. The van der Waals surface area contributed by atoms with Crippen LogP contribution in [-0.2, 0) is 0 Å². The zero-order valence-corrected chi connectivity index (χ0v) is 14.0. The van der Waals surface area contributed by atoms with Crippen molar-refractivity contribution in [1.82, 2.24) is 4.90 Å². The van der Waals surface area contributed by atoms with Gasteiger partial charge in [0.25, 0.3) is 0 Å². The maximum atomic E-state index is 6.38. The molecule has 0 aromatic heterocycles. The fourth-order valence-corrected chi connectivity index (χ4v) is 3.78. The molecule has 0 amide bonds. The predicted octanol–water partition coefficient (Wildman–Crippen LogP) is 4.22. The number of rotatable bonds is 3. The summed E-state index contributed by atoms with van der Waals surface area (Å²) in [5, 5.41) is 0.799. The van der Waals surface area contributed by atoms with Crippen LogP contribution in [0.2, 0.25) is 5.02 Å². The molecule has 1 aliphatic rings. The Morgan fingerprint density at radius 2 is 2.21 bits per heavy atom. The predicted molar refractivity (Wildman–Crippen MR) is 85.5 cm³/mol. The van der Waals surface area contributed by atoms with E-state index >= 15 is 0 Å². The van der Waals surface area contributed by atoms with Crippen LogP contribution in [0, 0.1) is 5.41 Å². The molecule has 106 valence electrons. The standard InChI is InChI=1S/C15H22BrClN2/c1-15(2)6-3-7-19(10-15)14(9-18)12-5-4-11(16)8-13(12)17/h4-5,8,14H,3,6-7,9-10,18H2,1-2H3. The van der Waals surface area contributed by atoms with Crippen molar-refractivity contribution in [2.24, 2.45) is 11.1 Å². The van der Waals surface area contributed by atoms with Crippen LogP contribution in [0.5, 0.6) is 0 Å². The molecule has 0 spiro atoms. The summed E-state index contributed by atoms with van der Waals surface area (Å²) in [6, 6.07) is 6.30. The van der Waals surface area contributed by atoms with Gasteiger partial charge in [-0.2, -0.15) is 0 Å². The molecule has 0 aliphatic carbocycles. The van der Waals surface area contributed by atoms with Crippen LogP contribution in [-0.4, -0.2) is 24.5 Å². The number of hydrogen-bond acceptors (Lipinski definition) is 2. The van der Waals surface area contributed by atoms with E-state index in [1.54, 1.807) is 0 Å². The molecule has 19 heavy (non-hydrogen) atoms. The first kappa shape index (κ1) is 15.3. The zero-order chi connectivity index (χ0) is 14.0. The molecular weight excluding hydrogens is 324 g/mol. The van der Waals surface area contributed by atoms with Crippen molar-refractivity contribution < 1.29 is 0 Å². The van der Waals surface area contributed by atoms with E-state index in [0.29, 0.717) is 12.0 Å². The molecule has 0 bridgehead atoms. The van der Waals surface area contributed by atoms with Gasteiger partial charge in [0.05, 0.1) is 0 Å². The summed E-state index contributed by atoms with van der Waals surface area (Å²) in [5.41, 5.74) is 7.53. The lowest BCUT2D eigenvalue weighted by atomic mass is 9.83. The van der Waals surface area contributed by atoms with Gasteiger partial charge in [-0.1, -0.05) is 47.4 Å². The maximum Gasteiger partial charge on any atom is 0.0485 e. The molecule has 2 N–H and O–H groups in total. The van der Waals surface area contributed by atoms with Crippen molar-refractivity contribution in [3.8, 4) is 0 Å². The Bertz CT molecular complexity index is 448. The van der Waals surface area contributed by atoms with E-state index in [0.717, 1.165) is 28.1 Å². The summed E-state index contributed by atoms with van der Waals surface area (Å²) in [6.07, 6.45) is 2.52. The van der Waals surface area contributed by atoms with Gasteiger partial charge < -0.3 is 5.73 Å². The van der Waals surface area contributed by atoms with E-state index in [9.17, 15) is 0 Å². The summed E-state index contributed by atoms with van der Waals surface area (Å²) in [4.78, 5) is 2.48. The molecule has 1 atom stereocenters. The summed E-state index contributed by atoms with van der Waals surface area (Å²) in [5.74, 6) is 0. The van der Waals surface area contributed by atoms with Crippen LogP contribution in [0.1, 0.15) is 38.3 Å². The summed E-state index contributed by atoms with van der Waals surface area (Å²) in [7, 11) is 0. The molecule has 1 saturated heterocycles. The number of likely N-dealkylation sites (tertiary alicyclic amines) is 1. The normalized spacial score (nSPS) is 21.3. The largest absolute Gasteiger partial charge is 0.329 e. The summed E-state index contributed by atoms with van der Waals surface area (Å²) >= 11 is 9.83. The topological polar surface area (TPSA) is 29.3 Å². The van der Waals surface area contributed by atoms with Gasteiger partial charge in [-0.3, -0.25) is 4.90 Å². The second kappa shape index (κ2) is 6.13. The monoisotopic (exact) mass is 344 g/mol. The highest BCUT2D eigenvalue weighted by Crippen LogP contribution is 2.35. The lowest BCUT2D eigenvalue weighted by Gasteiger charge is -2.42. The minimum Gasteiger partial charge on any atom is -0.329 e. The number of hydrogen-bond donors (Lipinski definition) is 1. The summed E-state index contributed by atoms with van der Waals surface area (Å²) < 4.78 is 1.01. The zero-order valence-electron chi connectivity index (χ0n) is 11.6. The van der Waals surface area contributed by atoms with Crippen LogP contribution in [0.3, 0.4) is 0 Å². The molecule has 2 rings (SSSR count). The lowest BCUT2D eigenvalue weighted by Crippen LogP contribution is -2.44. The number of benzene rings is 1. The quantitative estimate of drug-likeness (QED) is 0.888. The van der Waals surface area contributed by atoms with Crippen molar-refractivity contribution in [2.45, 2.75) is 32.7 Å². The third-order valence-electron chi connectivity index (χ3n) is 3.92. The van der Waals surface area contributed by atoms with Gasteiger partial charge in [-0.25, -0.2) is 0 Å². The highest BCUT2D eigenvalue weighted by atomic mass is 79.9. The molecule has 4 heteroatoms. The molecule has 1 aliphatic heterocycles. The highest BCUT2D eigenvalue weighted by molar-refractivity contribution is 9.10. The van der Waals surface area contributed by atoms with Crippen LogP contribution >= 0.6 is 27.5 Å². The number of halogens is 2. The van der Waals surface area contributed by atoms with Crippen LogP contribution in [0.4, 0.5) is 0 Å². The minimum absolute atomic E-state index is 0.222. The van der Waals surface area contributed by atoms with E-state index in [-0.39, 0.29) is 6.04 Å². The van der Waals surface area contributed by atoms with E-state index in [4.69, 9.17) is 17.3 Å². The third kappa shape index (κ3) is 3.72. The second-order valence-corrected chi connectivity index (χ2v) is 7.48. The van der Waals surface area contributed by atoms with Crippen molar-refractivity contribution in [3.05, 3.63) is 33.3 Å². The fourth-order valence-electron chi connectivity index (χ4n) is 2.98. The molecule has 1 fully saturated rings. The maximum absolute atomic E-state index is 6.38.